The SMILES string of the molecule is CN(C)c1cc(C(=O)Nc2ccccc2C(N)=O)cc(Cl)n1. The van der Waals surface area contributed by atoms with E-state index in [0.29, 0.717) is 17.1 Å². The van der Waals surface area contributed by atoms with Crippen LogP contribution in [0.3, 0.4) is 0 Å². The molecule has 0 fully saturated rings. The molecule has 1 aromatic heterocycles. The lowest BCUT2D eigenvalue weighted by atomic mass is 10.1. The first kappa shape index (κ1) is 15.8. The molecule has 1 heterocycles. The maximum absolute atomic E-state index is 12.3. The molecule has 0 radical (unpaired) electrons. The molecule has 0 spiro atoms. The second kappa shape index (κ2) is 6.44. The third-order valence-corrected chi connectivity index (χ3v) is 3.14. The van der Waals surface area contributed by atoms with Crippen molar-refractivity contribution in [3.05, 3.63) is 52.7 Å². The standard InChI is InChI=1S/C15H15ClN4O2/c1-20(2)13-8-9(7-12(16)19-13)15(22)18-11-6-4-3-5-10(11)14(17)21/h3-8H,1-2H3,(H2,17,21)(H,18,22). The Morgan fingerprint density at radius 3 is 2.55 bits per heavy atom. The Morgan fingerprint density at radius 1 is 1.23 bits per heavy atom. The van der Waals surface area contributed by atoms with Crippen LogP contribution in [0.25, 0.3) is 0 Å². The number of hydrogen-bond donors (Lipinski definition) is 2. The lowest BCUT2D eigenvalue weighted by Gasteiger charge is -2.13. The minimum Gasteiger partial charge on any atom is -0.366 e. The lowest BCUT2D eigenvalue weighted by Crippen LogP contribution is -2.19. The molecule has 0 aliphatic carbocycles. The quantitative estimate of drug-likeness (QED) is 0.845. The van der Waals surface area contributed by atoms with Gasteiger partial charge in [-0.25, -0.2) is 4.98 Å². The van der Waals surface area contributed by atoms with Crippen LogP contribution in [0.1, 0.15) is 20.7 Å². The molecule has 2 amide bonds. The number of rotatable bonds is 4. The summed E-state index contributed by atoms with van der Waals surface area (Å²) in [7, 11) is 3.59. The van der Waals surface area contributed by atoms with E-state index in [1.807, 2.05) is 0 Å². The number of nitrogens with one attached hydrogen (secondary N) is 1. The van der Waals surface area contributed by atoms with E-state index in [1.54, 1.807) is 49.3 Å². The first-order chi connectivity index (χ1) is 10.4. The molecular formula is C15H15ClN4O2. The molecule has 6 nitrogen and oxygen atoms in total. The molecule has 2 aromatic rings. The van der Waals surface area contributed by atoms with Crippen LogP contribution in [-0.4, -0.2) is 30.9 Å². The third kappa shape index (κ3) is 3.53. The Morgan fingerprint density at radius 2 is 1.91 bits per heavy atom. The Labute approximate surface area is 132 Å². The van der Waals surface area contributed by atoms with E-state index >= 15 is 0 Å². The van der Waals surface area contributed by atoms with Gasteiger partial charge in [0.2, 0.25) is 0 Å². The van der Waals surface area contributed by atoms with Gasteiger partial charge >= 0.3 is 0 Å². The number of aromatic nitrogens is 1. The highest BCUT2D eigenvalue weighted by Gasteiger charge is 2.14. The van der Waals surface area contributed by atoms with Gasteiger partial charge < -0.3 is 16.0 Å². The normalized spacial score (nSPS) is 10.1. The van der Waals surface area contributed by atoms with Gasteiger partial charge in [0.15, 0.2) is 0 Å². The molecule has 0 bridgehead atoms. The second-order valence-corrected chi connectivity index (χ2v) is 5.18. The number of carbonyl (C=O) groups excluding carboxylic acids is 2. The zero-order valence-corrected chi connectivity index (χ0v) is 12.9. The van der Waals surface area contributed by atoms with Crippen LogP contribution in [-0.2, 0) is 0 Å². The van der Waals surface area contributed by atoms with Crippen LogP contribution in [0.5, 0.6) is 0 Å². The zero-order valence-electron chi connectivity index (χ0n) is 12.1. The number of anilines is 2. The van der Waals surface area contributed by atoms with Crippen LogP contribution in [0.2, 0.25) is 5.15 Å². The van der Waals surface area contributed by atoms with Crippen molar-refractivity contribution < 1.29 is 9.59 Å². The van der Waals surface area contributed by atoms with E-state index < -0.39 is 11.8 Å². The molecule has 7 heteroatoms. The average molecular weight is 319 g/mol. The summed E-state index contributed by atoms with van der Waals surface area (Å²) < 4.78 is 0. The molecule has 0 saturated carbocycles. The van der Waals surface area contributed by atoms with Gasteiger partial charge in [0.1, 0.15) is 11.0 Å². The van der Waals surface area contributed by atoms with Crippen LogP contribution >= 0.6 is 11.6 Å². The fourth-order valence-corrected chi connectivity index (χ4v) is 2.05. The minimum atomic E-state index is -0.613. The summed E-state index contributed by atoms with van der Waals surface area (Å²) in [6.45, 7) is 0. The summed E-state index contributed by atoms with van der Waals surface area (Å²) >= 11 is 5.93. The number of carbonyl (C=O) groups is 2. The van der Waals surface area contributed by atoms with Crippen LogP contribution < -0.4 is 16.0 Å². The zero-order chi connectivity index (χ0) is 16.3. The maximum Gasteiger partial charge on any atom is 0.255 e. The highest BCUT2D eigenvalue weighted by atomic mass is 35.5. The predicted molar refractivity (Wildman–Crippen MR) is 86.5 cm³/mol. The van der Waals surface area contributed by atoms with Gasteiger partial charge in [-0.2, -0.15) is 0 Å². The summed E-state index contributed by atoms with van der Waals surface area (Å²) in [5.74, 6) is -0.459. The lowest BCUT2D eigenvalue weighted by molar-refractivity contribution is 0.100. The second-order valence-electron chi connectivity index (χ2n) is 4.80. The molecule has 0 aliphatic rings. The number of pyridine rings is 1. The molecule has 1 aromatic carbocycles. The molecule has 0 aliphatic heterocycles. The number of nitrogens with two attached hydrogens (primary N) is 1. The number of amides is 2. The smallest absolute Gasteiger partial charge is 0.255 e. The van der Waals surface area contributed by atoms with E-state index in [2.05, 4.69) is 10.3 Å². The number of hydrogen-bond acceptors (Lipinski definition) is 4. The molecule has 0 unspecified atom stereocenters. The van der Waals surface area contributed by atoms with Crippen LogP contribution in [0, 0.1) is 0 Å². The summed E-state index contributed by atoms with van der Waals surface area (Å²) in [6, 6.07) is 9.58. The number of nitrogens with zero attached hydrogens (tertiary/aromatic N) is 2. The molecule has 2 rings (SSSR count). The van der Waals surface area contributed by atoms with Gasteiger partial charge in [-0.05, 0) is 24.3 Å². The van der Waals surface area contributed by atoms with Crippen molar-refractivity contribution in [1.82, 2.24) is 4.98 Å². The Kier molecular flexibility index (Phi) is 4.62. The van der Waals surface area contributed by atoms with Crippen LogP contribution in [0.4, 0.5) is 11.5 Å². The first-order valence-corrected chi connectivity index (χ1v) is 6.81. The van der Waals surface area contributed by atoms with Gasteiger partial charge in [-0.3, -0.25) is 9.59 Å². The number of para-hydroxylation sites is 1. The average Bonchev–Trinajstić information content (AvgIpc) is 2.46. The number of primary amides is 1. The van der Waals surface area contributed by atoms with Crippen molar-refractivity contribution in [2.24, 2.45) is 5.73 Å². The van der Waals surface area contributed by atoms with Gasteiger partial charge in [0, 0.05) is 19.7 Å². The van der Waals surface area contributed by atoms with Crippen molar-refractivity contribution in [3.63, 3.8) is 0 Å². The van der Waals surface area contributed by atoms with Crippen molar-refractivity contribution in [2.75, 3.05) is 24.3 Å². The van der Waals surface area contributed by atoms with Crippen molar-refractivity contribution in [1.29, 1.82) is 0 Å². The van der Waals surface area contributed by atoms with Crippen molar-refractivity contribution >= 4 is 34.9 Å². The van der Waals surface area contributed by atoms with Crippen molar-refractivity contribution in [3.8, 4) is 0 Å². The van der Waals surface area contributed by atoms with E-state index in [1.165, 1.54) is 6.07 Å². The van der Waals surface area contributed by atoms with Crippen LogP contribution in [0.15, 0.2) is 36.4 Å². The number of halogens is 1. The molecule has 114 valence electrons. The van der Waals surface area contributed by atoms with Gasteiger partial charge in [-0.15, -0.1) is 0 Å². The maximum atomic E-state index is 12.3. The summed E-state index contributed by atoms with van der Waals surface area (Å²) in [5.41, 5.74) is 6.21. The topological polar surface area (TPSA) is 88.3 Å². The van der Waals surface area contributed by atoms with Gasteiger partial charge in [0.25, 0.3) is 11.8 Å². The summed E-state index contributed by atoms with van der Waals surface area (Å²) in [4.78, 5) is 29.6. The van der Waals surface area contributed by atoms with E-state index in [9.17, 15) is 9.59 Å². The monoisotopic (exact) mass is 318 g/mol. The Balaban J connectivity index is 2.32. The minimum absolute atomic E-state index is 0.208. The molecule has 0 saturated heterocycles. The molecule has 22 heavy (non-hydrogen) atoms. The fraction of sp³-hybridized carbons (Fsp3) is 0.133. The Hall–Kier alpha value is -2.60. The van der Waals surface area contributed by atoms with E-state index in [0.717, 1.165) is 0 Å². The fourth-order valence-electron chi connectivity index (χ4n) is 1.84. The van der Waals surface area contributed by atoms with Crippen molar-refractivity contribution in [2.45, 2.75) is 0 Å². The molecule has 3 N–H and O–H groups in total. The molecule has 0 atom stereocenters. The van der Waals surface area contributed by atoms with Gasteiger partial charge in [0.05, 0.1) is 11.3 Å². The summed E-state index contributed by atoms with van der Waals surface area (Å²) in [6.07, 6.45) is 0. The first-order valence-electron chi connectivity index (χ1n) is 6.43. The van der Waals surface area contributed by atoms with E-state index in [-0.39, 0.29) is 10.7 Å². The Bertz CT molecular complexity index is 731. The highest BCUT2D eigenvalue weighted by molar-refractivity contribution is 6.30. The third-order valence-electron chi connectivity index (χ3n) is 2.94. The van der Waals surface area contributed by atoms with Gasteiger partial charge in [-0.1, -0.05) is 23.7 Å². The highest BCUT2D eigenvalue weighted by Crippen LogP contribution is 2.19. The van der Waals surface area contributed by atoms with E-state index in [4.69, 9.17) is 17.3 Å². The predicted octanol–water partition coefficient (Wildman–Crippen LogP) is 2.15. The number of benzene rings is 1. The summed E-state index contributed by atoms with van der Waals surface area (Å²) in [5, 5.41) is 2.86. The largest absolute Gasteiger partial charge is 0.366 e. The molecular weight excluding hydrogens is 304 g/mol.